The van der Waals surface area contributed by atoms with Crippen molar-refractivity contribution in [3.8, 4) is 0 Å². The summed E-state index contributed by atoms with van der Waals surface area (Å²) >= 11 is 1.61. The van der Waals surface area contributed by atoms with Crippen LogP contribution in [0.5, 0.6) is 0 Å². The van der Waals surface area contributed by atoms with Crippen molar-refractivity contribution >= 4 is 23.1 Å². The number of aromatic nitrogens is 4. The Kier molecular flexibility index (Phi) is 4.94. The third-order valence-corrected chi connectivity index (χ3v) is 5.00. The lowest BCUT2D eigenvalue weighted by atomic mass is 10.1. The van der Waals surface area contributed by atoms with Gasteiger partial charge in [0.05, 0.1) is 29.1 Å². The molecule has 1 N–H and O–H groups in total. The van der Waals surface area contributed by atoms with Gasteiger partial charge in [0.25, 0.3) is 5.91 Å². The average Bonchev–Trinajstić information content (AvgIpc) is 3.35. The van der Waals surface area contributed by atoms with Crippen LogP contribution in [0.3, 0.4) is 0 Å². The number of likely N-dealkylation sites (tertiary alicyclic amines) is 1. The SMILES string of the molecule is O=C(Nc1cnccn1)c1cccc([C@@H]2CCCN2Cc2cscn2)n1. The molecule has 132 valence electrons. The summed E-state index contributed by atoms with van der Waals surface area (Å²) in [7, 11) is 0. The topological polar surface area (TPSA) is 83.9 Å². The van der Waals surface area contributed by atoms with Gasteiger partial charge in [-0.2, -0.15) is 0 Å². The minimum Gasteiger partial charge on any atom is -0.304 e. The van der Waals surface area contributed by atoms with E-state index in [1.807, 2.05) is 17.6 Å². The maximum Gasteiger partial charge on any atom is 0.275 e. The molecule has 0 bridgehead atoms. The first-order chi connectivity index (χ1) is 12.8. The number of hydrogen-bond acceptors (Lipinski definition) is 7. The van der Waals surface area contributed by atoms with E-state index in [1.54, 1.807) is 23.6 Å². The molecule has 1 amide bonds. The fourth-order valence-electron chi connectivity index (χ4n) is 3.18. The van der Waals surface area contributed by atoms with Crippen molar-refractivity contribution in [3.05, 3.63) is 64.8 Å². The highest BCUT2D eigenvalue weighted by atomic mass is 32.1. The largest absolute Gasteiger partial charge is 0.304 e. The number of pyridine rings is 1. The summed E-state index contributed by atoms with van der Waals surface area (Å²) in [5.74, 6) is 0.132. The van der Waals surface area contributed by atoms with E-state index in [1.165, 1.54) is 12.4 Å². The first kappa shape index (κ1) is 16.7. The predicted molar refractivity (Wildman–Crippen MR) is 98.7 cm³/mol. The second-order valence-electron chi connectivity index (χ2n) is 6.10. The first-order valence-electron chi connectivity index (χ1n) is 8.45. The number of rotatable bonds is 5. The van der Waals surface area contributed by atoms with Gasteiger partial charge in [-0.25, -0.2) is 15.0 Å². The average molecular weight is 366 g/mol. The highest BCUT2D eigenvalue weighted by Gasteiger charge is 2.28. The van der Waals surface area contributed by atoms with Crippen LogP contribution in [0.25, 0.3) is 0 Å². The summed E-state index contributed by atoms with van der Waals surface area (Å²) in [6.45, 7) is 1.83. The van der Waals surface area contributed by atoms with Gasteiger partial charge in [-0.05, 0) is 31.5 Å². The van der Waals surface area contributed by atoms with E-state index in [4.69, 9.17) is 0 Å². The summed E-state index contributed by atoms with van der Waals surface area (Å²) in [6, 6.07) is 5.80. The highest BCUT2D eigenvalue weighted by molar-refractivity contribution is 7.07. The number of carbonyl (C=O) groups is 1. The van der Waals surface area contributed by atoms with E-state index in [0.717, 1.165) is 37.3 Å². The third kappa shape index (κ3) is 3.76. The molecule has 0 aromatic carbocycles. The minimum absolute atomic E-state index is 0.209. The zero-order valence-electron chi connectivity index (χ0n) is 14.1. The van der Waals surface area contributed by atoms with Crippen molar-refractivity contribution in [2.75, 3.05) is 11.9 Å². The van der Waals surface area contributed by atoms with Crippen molar-refractivity contribution in [1.82, 2.24) is 24.8 Å². The van der Waals surface area contributed by atoms with Crippen LogP contribution in [0.15, 0.2) is 47.7 Å². The molecule has 26 heavy (non-hydrogen) atoms. The summed E-state index contributed by atoms with van der Waals surface area (Å²) < 4.78 is 0. The van der Waals surface area contributed by atoms with Crippen molar-refractivity contribution < 1.29 is 4.79 Å². The number of carbonyl (C=O) groups excluding carboxylic acids is 1. The van der Waals surface area contributed by atoms with Crippen molar-refractivity contribution in [2.45, 2.75) is 25.4 Å². The number of nitrogens with zero attached hydrogens (tertiary/aromatic N) is 5. The molecule has 1 aliphatic heterocycles. The molecule has 3 aromatic heterocycles. The minimum atomic E-state index is -0.281. The van der Waals surface area contributed by atoms with Crippen LogP contribution in [0.1, 0.15) is 40.8 Å². The molecule has 1 fully saturated rings. The lowest BCUT2D eigenvalue weighted by molar-refractivity contribution is 0.102. The monoisotopic (exact) mass is 366 g/mol. The molecule has 0 spiro atoms. The Morgan fingerprint density at radius 3 is 3.08 bits per heavy atom. The molecule has 7 nitrogen and oxygen atoms in total. The van der Waals surface area contributed by atoms with Crippen LogP contribution in [0.2, 0.25) is 0 Å². The van der Waals surface area contributed by atoms with Crippen LogP contribution in [0.4, 0.5) is 5.82 Å². The molecule has 1 aliphatic rings. The molecule has 1 atom stereocenters. The van der Waals surface area contributed by atoms with Crippen molar-refractivity contribution in [1.29, 1.82) is 0 Å². The van der Waals surface area contributed by atoms with E-state index in [-0.39, 0.29) is 11.9 Å². The molecule has 0 saturated carbocycles. The molecule has 0 unspecified atom stereocenters. The van der Waals surface area contributed by atoms with Gasteiger partial charge in [-0.15, -0.1) is 11.3 Å². The van der Waals surface area contributed by atoms with Crippen molar-refractivity contribution in [3.63, 3.8) is 0 Å². The molecular formula is C18H18N6OS. The Balaban J connectivity index is 1.50. The zero-order chi connectivity index (χ0) is 17.8. The van der Waals surface area contributed by atoms with Crippen LogP contribution in [-0.2, 0) is 6.54 Å². The smallest absolute Gasteiger partial charge is 0.275 e. The van der Waals surface area contributed by atoms with Gasteiger partial charge in [-0.3, -0.25) is 14.7 Å². The number of hydrogen-bond donors (Lipinski definition) is 1. The summed E-state index contributed by atoms with van der Waals surface area (Å²) in [5.41, 5.74) is 4.24. The molecule has 3 aromatic rings. The Hall–Kier alpha value is -2.71. The quantitative estimate of drug-likeness (QED) is 0.747. The van der Waals surface area contributed by atoms with Crippen molar-refractivity contribution in [2.24, 2.45) is 0 Å². The summed E-state index contributed by atoms with van der Waals surface area (Å²) in [4.78, 5) is 31.8. The van der Waals surface area contributed by atoms with E-state index in [2.05, 4.69) is 35.5 Å². The van der Waals surface area contributed by atoms with Gasteiger partial charge in [0.1, 0.15) is 5.69 Å². The molecule has 1 saturated heterocycles. The first-order valence-corrected chi connectivity index (χ1v) is 9.39. The Labute approximate surface area is 155 Å². The number of anilines is 1. The standard InChI is InChI=1S/C18H18N6OS/c25-18(23-17-9-19-6-7-20-17)15-4-1-3-14(22-15)16-5-2-8-24(16)10-13-11-26-12-21-13/h1,3-4,6-7,9,11-12,16H,2,5,8,10H2,(H,20,23,25)/t16-/m0/s1. The number of nitrogens with one attached hydrogen (secondary N) is 1. The maximum atomic E-state index is 12.5. The van der Waals surface area contributed by atoms with E-state index in [0.29, 0.717) is 11.5 Å². The fourth-order valence-corrected chi connectivity index (χ4v) is 3.73. The van der Waals surface area contributed by atoms with Gasteiger partial charge in [0.2, 0.25) is 0 Å². The van der Waals surface area contributed by atoms with Gasteiger partial charge < -0.3 is 5.32 Å². The van der Waals surface area contributed by atoms with E-state index in [9.17, 15) is 4.79 Å². The van der Waals surface area contributed by atoms with Crippen LogP contribution < -0.4 is 5.32 Å². The second-order valence-corrected chi connectivity index (χ2v) is 6.82. The predicted octanol–water partition coefficient (Wildman–Crippen LogP) is 2.92. The molecule has 4 heterocycles. The maximum absolute atomic E-state index is 12.5. The lowest BCUT2D eigenvalue weighted by Crippen LogP contribution is -2.24. The second kappa shape index (κ2) is 7.67. The van der Waals surface area contributed by atoms with E-state index >= 15 is 0 Å². The Bertz CT molecular complexity index is 870. The molecular weight excluding hydrogens is 348 g/mol. The molecule has 0 radical (unpaired) electrons. The van der Waals surface area contributed by atoms with Gasteiger partial charge in [0.15, 0.2) is 5.82 Å². The summed E-state index contributed by atoms with van der Waals surface area (Å²) in [5, 5.41) is 4.80. The molecule has 4 rings (SSSR count). The van der Waals surface area contributed by atoms with Gasteiger partial charge in [-0.1, -0.05) is 6.07 Å². The lowest BCUT2D eigenvalue weighted by Gasteiger charge is -2.23. The van der Waals surface area contributed by atoms with Gasteiger partial charge >= 0.3 is 0 Å². The summed E-state index contributed by atoms with van der Waals surface area (Å²) in [6.07, 6.45) is 6.76. The van der Waals surface area contributed by atoms with Crippen LogP contribution in [-0.4, -0.2) is 37.3 Å². The van der Waals surface area contributed by atoms with Gasteiger partial charge in [0, 0.05) is 24.3 Å². The fraction of sp³-hybridized carbons (Fsp3) is 0.278. The molecule has 0 aliphatic carbocycles. The zero-order valence-corrected chi connectivity index (χ0v) is 14.9. The normalized spacial score (nSPS) is 17.3. The molecule has 8 heteroatoms. The van der Waals surface area contributed by atoms with Crippen LogP contribution >= 0.6 is 11.3 Å². The van der Waals surface area contributed by atoms with E-state index < -0.39 is 0 Å². The van der Waals surface area contributed by atoms with Crippen LogP contribution in [0, 0.1) is 0 Å². The number of thiazole rings is 1. The third-order valence-electron chi connectivity index (χ3n) is 4.36. The number of amides is 1. The Morgan fingerprint density at radius 2 is 2.27 bits per heavy atom. The Morgan fingerprint density at radius 1 is 1.31 bits per heavy atom. The highest BCUT2D eigenvalue weighted by Crippen LogP contribution is 2.32.